The van der Waals surface area contributed by atoms with Crippen molar-refractivity contribution in [3.8, 4) is 23.1 Å². The van der Waals surface area contributed by atoms with Gasteiger partial charge < -0.3 is 14.6 Å². The molecule has 1 N–H and O–H groups in total. The zero-order chi connectivity index (χ0) is 26.0. The number of nitrogens with zero attached hydrogens (tertiary/aromatic N) is 2. The first kappa shape index (κ1) is 26.3. The van der Waals surface area contributed by atoms with Crippen LogP contribution in [-0.2, 0) is 21.7 Å². The van der Waals surface area contributed by atoms with Crippen molar-refractivity contribution in [1.29, 1.82) is 0 Å². The molecule has 0 saturated carbocycles. The number of sulfone groups is 1. The Morgan fingerprint density at radius 2 is 1.57 bits per heavy atom. The molecule has 0 saturated heterocycles. The van der Waals surface area contributed by atoms with Crippen LogP contribution in [0.15, 0.2) is 57.1 Å². The third-order valence-electron chi connectivity index (χ3n) is 5.77. The number of para-hydroxylation sites is 1. The van der Waals surface area contributed by atoms with Gasteiger partial charge in [-0.05, 0) is 41.7 Å². The van der Waals surface area contributed by atoms with E-state index in [4.69, 9.17) is 9.47 Å². The highest BCUT2D eigenvalue weighted by Gasteiger charge is 2.31. The van der Waals surface area contributed by atoms with E-state index in [2.05, 4.69) is 4.98 Å². The van der Waals surface area contributed by atoms with Crippen LogP contribution in [-0.4, -0.2) is 37.3 Å². The molecular weight excluding hydrogens is 468 g/mol. The molecule has 0 aliphatic heterocycles. The Morgan fingerprint density at radius 1 is 1.00 bits per heavy atom. The zero-order valence-corrected chi connectivity index (χ0v) is 21.8. The van der Waals surface area contributed by atoms with Crippen molar-refractivity contribution >= 4 is 9.84 Å². The molecule has 3 aromatic rings. The zero-order valence-electron chi connectivity index (χ0n) is 21.0. The lowest BCUT2D eigenvalue weighted by Crippen LogP contribution is -2.30. The second-order valence-electron chi connectivity index (χ2n) is 9.21. The molecule has 0 spiro atoms. The third-order valence-corrected chi connectivity index (χ3v) is 7.56. The van der Waals surface area contributed by atoms with Gasteiger partial charge in [-0.3, -0.25) is 9.36 Å². The maximum Gasteiger partial charge on any atom is 0.281 e. The van der Waals surface area contributed by atoms with Gasteiger partial charge in [0.1, 0.15) is 23.0 Å². The Balaban J connectivity index is 2.34. The molecule has 1 aromatic heterocycles. The number of unbranched alkanes of at least 4 members (excludes halogenated alkanes) is 1. The third kappa shape index (κ3) is 5.05. The molecule has 0 atom stereocenters. The smallest absolute Gasteiger partial charge is 0.281 e. The summed E-state index contributed by atoms with van der Waals surface area (Å²) in [5.74, 6) is -0.0190. The van der Waals surface area contributed by atoms with Gasteiger partial charge in [0, 0.05) is 6.42 Å². The molecule has 8 nitrogen and oxygen atoms in total. The highest BCUT2D eigenvalue weighted by Crippen LogP contribution is 2.34. The number of hydrogen-bond acceptors (Lipinski definition) is 7. The first-order valence-corrected chi connectivity index (χ1v) is 12.9. The molecule has 188 valence electrons. The average molecular weight is 501 g/mol. The second kappa shape index (κ2) is 10.1. The Labute approximate surface area is 206 Å². The minimum atomic E-state index is -4.40. The number of rotatable bonds is 8. The van der Waals surface area contributed by atoms with Crippen LogP contribution in [0.1, 0.15) is 51.9 Å². The molecule has 0 amide bonds. The maximum atomic E-state index is 13.8. The van der Waals surface area contributed by atoms with Crippen LogP contribution in [0.4, 0.5) is 0 Å². The van der Waals surface area contributed by atoms with Gasteiger partial charge in [0.05, 0.1) is 19.1 Å². The minimum absolute atomic E-state index is 0.112. The lowest BCUT2D eigenvalue weighted by atomic mass is 9.87. The molecule has 0 unspecified atom stereocenters. The Bertz CT molecular complexity index is 1350. The molecule has 0 fully saturated rings. The van der Waals surface area contributed by atoms with Crippen molar-refractivity contribution in [2.75, 3.05) is 14.2 Å². The van der Waals surface area contributed by atoms with E-state index in [1.807, 2.05) is 27.7 Å². The highest BCUT2D eigenvalue weighted by molar-refractivity contribution is 7.91. The van der Waals surface area contributed by atoms with Gasteiger partial charge in [-0.15, -0.1) is 0 Å². The van der Waals surface area contributed by atoms with Crippen LogP contribution in [0.25, 0.3) is 5.69 Å². The average Bonchev–Trinajstić information content (AvgIpc) is 2.81. The standard InChI is InChI=1S/C26H32N2O6S/c1-7-8-12-21-27-24(29)23(35(31,32)18-15-13-17(14-16-18)26(2,3)4)25(30)28(21)22-19(33-5)10-9-11-20(22)34-6/h9-11,13-16,29H,7-8,12H2,1-6H3. The van der Waals surface area contributed by atoms with Crippen molar-refractivity contribution in [2.24, 2.45) is 0 Å². The molecule has 0 bridgehead atoms. The van der Waals surface area contributed by atoms with Gasteiger partial charge in [0.15, 0.2) is 4.90 Å². The van der Waals surface area contributed by atoms with Crippen molar-refractivity contribution in [1.82, 2.24) is 9.55 Å². The molecule has 3 rings (SSSR count). The van der Waals surface area contributed by atoms with Gasteiger partial charge in [-0.1, -0.05) is 52.3 Å². The minimum Gasteiger partial charge on any atom is -0.494 e. The predicted molar refractivity (Wildman–Crippen MR) is 134 cm³/mol. The second-order valence-corrected chi connectivity index (χ2v) is 11.1. The Kier molecular flexibility index (Phi) is 7.59. The van der Waals surface area contributed by atoms with Gasteiger partial charge in [-0.25, -0.2) is 8.42 Å². The first-order valence-electron chi connectivity index (χ1n) is 11.4. The van der Waals surface area contributed by atoms with Crippen molar-refractivity contribution in [3.05, 3.63) is 64.2 Å². The molecule has 0 aliphatic rings. The number of methoxy groups -OCH3 is 2. The molecule has 1 heterocycles. The van der Waals surface area contributed by atoms with E-state index >= 15 is 0 Å². The summed E-state index contributed by atoms with van der Waals surface area (Å²) >= 11 is 0. The lowest BCUT2D eigenvalue weighted by molar-refractivity contribution is 0.386. The van der Waals surface area contributed by atoms with Gasteiger partial charge in [0.25, 0.3) is 5.56 Å². The fourth-order valence-corrected chi connectivity index (χ4v) is 5.15. The fraction of sp³-hybridized carbons (Fsp3) is 0.385. The van der Waals surface area contributed by atoms with Crippen LogP contribution in [0, 0.1) is 0 Å². The van der Waals surface area contributed by atoms with E-state index in [1.54, 1.807) is 30.3 Å². The van der Waals surface area contributed by atoms with Gasteiger partial charge >= 0.3 is 0 Å². The number of ether oxygens (including phenoxy) is 2. The van der Waals surface area contributed by atoms with Crippen LogP contribution < -0.4 is 15.0 Å². The number of benzene rings is 2. The number of aromatic nitrogens is 2. The summed E-state index contributed by atoms with van der Waals surface area (Å²) in [6.07, 6.45) is 1.81. The van der Waals surface area contributed by atoms with Gasteiger partial charge in [0.2, 0.25) is 15.7 Å². The summed E-state index contributed by atoms with van der Waals surface area (Å²) in [4.78, 5) is 17.1. The topological polar surface area (TPSA) is 108 Å². The van der Waals surface area contributed by atoms with Crippen LogP contribution >= 0.6 is 0 Å². The van der Waals surface area contributed by atoms with Crippen LogP contribution in [0.2, 0.25) is 0 Å². The van der Waals surface area contributed by atoms with E-state index < -0.39 is 26.2 Å². The lowest BCUT2D eigenvalue weighted by Gasteiger charge is -2.20. The molecule has 35 heavy (non-hydrogen) atoms. The van der Waals surface area contributed by atoms with Crippen molar-refractivity contribution in [3.63, 3.8) is 0 Å². The SMILES string of the molecule is CCCCc1nc(O)c(S(=O)(=O)c2ccc(C(C)(C)C)cc2)c(=O)n1-c1c(OC)cccc1OC. The van der Waals surface area contributed by atoms with Crippen molar-refractivity contribution in [2.45, 2.75) is 62.2 Å². The summed E-state index contributed by atoms with van der Waals surface area (Å²) in [5.41, 5.74) is 0.0526. The van der Waals surface area contributed by atoms with Gasteiger partial charge in [-0.2, -0.15) is 4.98 Å². The number of hydrogen-bond donors (Lipinski definition) is 1. The summed E-state index contributed by atoms with van der Waals surface area (Å²) in [7, 11) is -1.51. The highest BCUT2D eigenvalue weighted by atomic mass is 32.2. The number of aromatic hydroxyl groups is 1. The predicted octanol–water partition coefficient (Wildman–Crippen LogP) is 4.43. The molecule has 9 heteroatoms. The van der Waals surface area contributed by atoms with E-state index in [1.165, 1.54) is 30.9 Å². The largest absolute Gasteiger partial charge is 0.494 e. The summed E-state index contributed by atoms with van der Waals surface area (Å²) in [6, 6.07) is 11.3. The van der Waals surface area contributed by atoms with Crippen LogP contribution in [0.5, 0.6) is 17.4 Å². The first-order chi connectivity index (χ1) is 16.5. The summed E-state index contributed by atoms with van der Waals surface area (Å²) in [5, 5.41) is 10.7. The molecule has 0 radical (unpaired) electrons. The molecule has 0 aliphatic carbocycles. The van der Waals surface area contributed by atoms with Crippen molar-refractivity contribution < 1.29 is 23.0 Å². The quantitative estimate of drug-likeness (QED) is 0.487. The van der Waals surface area contributed by atoms with E-state index in [0.29, 0.717) is 24.3 Å². The Hall–Kier alpha value is -3.33. The summed E-state index contributed by atoms with van der Waals surface area (Å²) in [6.45, 7) is 8.02. The molecular formula is C26H32N2O6S. The molecule has 2 aromatic carbocycles. The summed E-state index contributed by atoms with van der Waals surface area (Å²) < 4.78 is 39.3. The fourth-order valence-electron chi connectivity index (χ4n) is 3.81. The van der Waals surface area contributed by atoms with E-state index in [-0.39, 0.29) is 21.8 Å². The maximum absolute atomic E-state index is 13.8. The normalized spacial score (nSPS) is 11.9. The monoisotopic (exact) mass is 500 g/mol. The van der Waals surface area contributed by atoms with E-state index in [0.717, 1.165) is 12.0 Å². The van der Waals surface area contributed by atoms with E-state index in [9.17, 15) is 18.3 Å². The van der Waals surface area contributed by atoms with Crippen LogP contribution in [0.3, 0.4) is 0 Å². The number of aryl methyl sites for hydroxylation is 1. The Morgan fingerprint density at radius 3 is 2.06 bits per heavy atom.